The molecule has 0 saturated carbocycles. The van der Waals surface area contributed by atoms with E-state index < -0.39 is 0 Å². The molecule has 1 aliphatic rings. The second kappa shape index (κ2) is 4.53. The van der Waals surface area contributed by atoms with Crippen molar-refractivity contribution in [3.8, 4) is 5.75 Å². The number of carbonyl (C=O) groups is 1. The number of carbonyl (C=O) groups excluding carboxylic acids is 1. The molecule has 1 N–H and O–H groups in total. The van der Waals surface area contributed by atoms with Gasteiger partial charge in [0.15, 0.2) is 5.78 Å². The average Bonchev–Trinajstić information content (AvgIpc) is 2.47. The smallest absolute Gasteiger partial charge is 0.195 e. The Hall–Kier alpha value is -2.29. The zero-order chi connectivity index (χ0) is 12.4. The monoisotopic (exact) mass is 239 g/mol. The Morgan fingerprint density at radius 2 is 1.89 bits per heavy atom. The summed E-state index contributed by atoms with van der Waals surface area (Å²) in [6, 6.07) is 14.8. The van der Waals surface area contributed by atoms with Crippen LogP contribution < -0.4 is 10.1 Å². The highest BCUT2D eigenvalue weighted by Gasteiger charge is 2.19. The number of nitrogens with one attached hydrogen (secondary N) is 1. The number of ether oxygens (including phenoxy) is 1. The van der Waals surface area contributed by atoms with E-state index in [4.69, 9.17) is 4.74 Å². The van der Waals surface area contributed by atoms with Crippen molar-refractivity contribution in [1.29, 1.82) is 0 Å². The Kier molecular flexibility index (Phi) is 2.73. The maximum Gasteiger partial charge on any atom is 0.195 e. The Morgan fingerprint density at radius 1 is 1.06 bits per heavy atom. The Morgan fingerprint density at radius 3 is 2.72 bits per heavy atom. The minimum absolute atomic E-state index is 0.0189. The molecule has 0 radical (unpaired) electrons. The fraction of sp³-hybridized carbons (Fsp3) is 0.133. The maximum absolute atomic E-state index is 12.4. The summed E-state index contributed by atoms with van der Waals surface area (Å²) in [5, 5.41) is 3.24. The number of rotatable bonds is 2. The molecule has 1 heterocycles. The number of ketones is 1. The van der Waals surface area contributed by atoms with Crippen LogP contribution in [0.4, 0.5) is 5.69 Å². The van der Waals surface area contributed by atoms with Gasteiger partial charge < -0.3 is 10.1 Å². The van der Waals surface area contributed by atoms with Crippen molar-refractivity contribution in [1.82, 2.24) is 0 Å². The zero-order valence-electron chi connectivity index (χ0n) is 9.85. The molecule has 0 spiro atoms. The lowest BCUT2D eigenvalue weighted by atomic mass is 10.0. The number of benzene rings is 2. The lowest BCUT2D eigenvalue weighted by Crippen LogP contribution is -2.20. The van der Waals surface area contributed by atoms with E-state index in [9.17, 15) is 4.79 Å². The highest BCUT2D eigenvalue weighted by Crippen LogP contribution is 2.32. The molecule has 0 atom stereocenters. The molecule has 0 unspecified atom stereocenters. The lowest BCUT2D eigenvalue weighted by molar-refractivity contribution is 0.103. The van der Waals surface area contributed by atoms with Crippen LogP contribution in [-0.2, 0) is 0 Å². The third-order valence-electron chi connectivity index (χ3n) is 2.97. The molecular weight excluding hydrogens is 226 g/mol. The highest BCUT2D eigenvalue weighted by molar-refractivity contribution is 6.13. The third kappa shape index (κ3) is 1.84. The number of hydrogen-bond donors (Lipinski definition) is 1. The maximum atomic E-state index is 12.4. The van der Waals surface area contributed by atoms with Crippen LogP contribution in [0.15, 0.2) is 48.5 Å². The van der Waals surface area contributed by atoms with E-state index in [-0.39, 0.29) is 5.78 Å². The lowest BCUT2D eigenvalue weighted by Gasteiger charge is -2.21. The summed E-state index contributed by atoms with van der Waals surface area (Å²) in [5.41, 5.74) is 2.16. The topological polar surface area (TPSA) is 38.3 Å². The predicted molar refractivity (Wildman–Crippen MR) is 70.3 cm³/mol. The molecular formula is C15H13NO2. The van der Waals surface area contributed by atoms with Gasteiger partial charge in [-0.15, -0.1) is 0 Å². The van der Waals surface area contributed by atoms with Crippen molar-refractivity contribution in [3.05, 3.63) is 59.7 Å². The largest absolute Gasteiger partial charge is 0.490 e. The van der Waals surface area contributed by atoms with Crippen molar-refractivity contribution >= 4 is 11.5 Å². The minimum atomic E-state index is 0.0189. The Bertz CT molecular complexity index is 578. The van der Waals surface area contributed by atoms with Gasteiger partial charge >= 0.3 is 0 Å². The first kappa shape index (κ1) is 10.8. The molecule has 90 valence electrons. The van der Waals surface area contributed by atoms with Gasteiger partial charge in [0.05, 0.1) is 5.69 Å². The first-order valence-corrected chi connectivity index (χ1v) is 5.96. The number of hydrogen-bond acceptors (Lipinski definition) is 3. The van der Waals surface area contributed by atoms with E-state index in [1.54, 1.807) is 0 Å². The quantitative estimate of drug-likeness (QED) is 0.819. The van der Waals surface area contributed by atoms with Crippen molar-refractivity contribution < 1.29 is 9.53 Å². The summed E-state index contributed by atoms with van der Waals surface area (Å²) in [4.78, 5) is 12.4. The molecule has 3 rings (SSSR count). The van der Waals surface area contributed by atoms with Crippen LogP contribution in [-0.4, -0.2) is 18.9 Å². The second-order valence-corrected chi connectivity index (χ2v) is 4.15. The standard InChI is InChI=1S/C15H13NO2/c17-15(11-5-2-1-3-6-11)12-7-4-8-13-14(12)16-9-10-18-13/h1-8,16H,9-10H2. The summed E-state index contributed by atoms with van der Waals surface area (Å²) in [7, 11) is 0. The highest BCUT2D eigenvalue weighted by atomic mass is 16.5. The molecule has 0 fully saturated rings. The van der Waals surface area contributed by atoms with Gasteiger partial charge in [0, 0.05) is 17.7 Å². The van der Waals surface area contributed by atoms with E-state index in [0.717, 1.165) is 18.0 Å². The number of anilines is 1. The van der Waals surface area contributed by atoms with Gasteiger partial charge in [0.25, 0.3) is 0 Å². The van der Waals surface area contributed by atoms with Gasteiger partial charge in [-0.3, -0.25) is 4.79 Å². The molecule has 0 aromatic heterocycles. The van der Waals surface area contributed by atoms with Gasteiger partial charge in [-0.05, 0) is 12.1 Å². The van der Waals surface area contributed by atoms with Crippen LogP contribution in [0.3, 0.4) is 0 Å². The van der Waals surface area contributed by atoms with Crippen LogP contribution >= 0.6 is 0 Å². The molecule has 2 aromatic carbocycles. The van der Waals surface area contributed by atoms with E-state index in [1.807, 2.05) is 48.5 Å². The molecule has 0 bridgehead atoms. The van der Waals surface area contributed by atoms with Crippen LogP contribution in [0.5, 0.6) is 5.75 Å². The van der Waals surface area contributed by atoms with Crippen molar-refractivity contribution in [2.24, 2.45) is 0 Å². The van der Waals surface area contributed by atoms with Gasteiger partial charge in [-0.25, -0.2) is 0 Å². The van der Waals surface area contributed by atoms with Crippen LogP contribution in [0.25, 0.3) is 0 Å². The van der Waals surface area contributed by atoms with Gasteiger partial charge in [0.1, 0.15) is 12.4 Å². The van der Waals surface area contributed by atoms with E-state index >= 15 is 0 Å². The van der Waals surface area contributed by atoms with E-state index in [0.29, 0.717) is 17.7 Å². The molecule has 3 nitrogen and oxygen atoms in total. The minimum Gasteiger partial charge on any atom is -0.490 e. The second-order valence-electron chi connectivity index (χ2n) is 4.15. The van der Waals surface area contributed by atoms with Crippen LogP contribution in [0.2, 0.25) is 0 Å². The van der Waals surface area contributed by atoms with Crippen molar-refractivity contribution in [3.63, 3.8) is 0 Å². The van der Waals surface area contributed by atoms with Crippen molar-refractivity contribution in [2.75, 3.05) is 18.5 Å². The van der Waals surface area contributed by atoms with Gasteiger partial charge in [0.2, 0.25) is 0 Å². The normalized spacial score (nSPS) is 13.1. The fourth-order valence-electron chi connectivity index (χ4n) is 2.11. The first-order valence-electron chi connectivity index (χ1n) is 5.96. The molecule has 1 aliphatic heterocycles. The van der Waals surface area contributed by atoms with Gasteiger partial charge in [-0.2, -0.15) is 0 Å². The SMILES string of the molecule is O=C(c1ccccc1)c1cccc2c1NCCO2. The Balaban J connectivity index is 2.05. The Labute approximate surface area is 105 Å². The summed E-state index contributed by atoms with van der Waals surface area (Å²) in [6.45, 7) is 1.36. The molecule has 2 aromatic rings. The summed E-state index contributed by atoms with van der Waals surface area (Å²) >= 11 is 0. The summed E-state index contributed by atoms with van der Waals surface area (Å²) in [5.74, 6) is 0.772. The molecule has 3 heteroatoms. The number of para-hydroxylation sites is 1. The van der Waals surface area contributed by atoms with E-state index in [2.05, 4.69) is 5.32 Å². The molecule has 0 amide bonds. The molecule has 0 aliphatic carbocycles. The van der Waals surface area contributed by atoms with Gasteiger partial charge in [-0.1, -0.05) is 36.4 Å². The zero-order valence-corrected chi connectivity index (χ0v) is 9.85. The fourth-order valence-corrected chi connectivity index (χ4v) is 2.11. The van der Waals surface area contributed by atoms with Crippen LogP contribution in [0.1, 0.15) is 15.9 Å². The third-order valence-corrected chi connectivity index (χ3v) is 2.97. The van der Waals surface area contributed by atoms with Crippen molar-refractivity contribution in [2.45, 2.75) is 0 Å². The van der Waals surface area contributed by atoms with Crippen LogP contribution in [0, 0.1) is 0 Å². The molecule has 0 saturated heterocycles. The summed E-state index contributed by atoms with van der Waals surface area (Å²) < 4.78 is 5.54. The first-order chi connectivity index (χ1) is 8.86. The van der Waals surface area contributed by atoms with E-state index in [1.165, 1.54) is 0 Å². The average molecular weight is 239 g/mol. The predicted octanol–water partition coefficient (Wildman–Crippen LogP) is 2.72. The summed E-state index contributed by atoms with van der Waals surface area (Å²) in [6.07, 6.45) is 0. The number of fused-ring (bicyclic) bond motifs is 1. The molecule has 18 heavy (non-hydrogen) atoms.